The Balaban J connectivity index is 1.37. The fourth-order valence-corrected chi connectivity index (χ4v) is 5.75. The van der Waals surface area contributed by atoms with E-state index in [4.69, 9.17) is 34.3 Å². The van der Waals surface area contributed by atoms with Crippen molar-refractivity contribution in [1.82, 2.24) is 21.6 Å². The Bertz CT molecular complexity index is 1880. The molecule has 0 bridgehead atoms. The van der Waals surface area contributed by atoms with Gasteiger partial charge in [-0.05, 0) is 110 Å². The van der Waals surface area contributed by atoms with Gasteiger partial charge in [-0.15, -0.1) is 0 Å². The van der Waals surface area contributed by atoms with Crippen LogP contribution in [0.5, 0.6) is 11.5 Å². The molecule has 1 atom stereocenters. The Kier molecular flexibility index (Phi) is 14.5. The second kappa shape index (κ2) is 19.0. The first kappa shape index (κ1) is 38.2. The van der Waals surface area contributed by atoms with Gasteiger partial charge in [0.2, 0.25) is 0 Å². The van der Waals surface area contributed by atoms with E-state index in [9.17, 15) is 19.8 Å². The van der Waals surface area contributed by atoms with Crippen molar-refractivity contribution in [3.8, 4) is 11.5 Å². The lowest BCUT2D eigenvalue weighted by molar-refractivity contribution is -0.130. The second-order valence-corrected chi connectivity index (χ2v) is 12.7. The number of amides is 2. The molecule has 4 rings (SSSR count). The maximum atomic E-state index is 13.3. The number of hydrogen-bond donors (Lipinski definition) is 10. The lowest BCUT2D eigenvalue weighted by atomic mass is 10.1. The third-order valence-electron chi connectivity index (χ3n) is 6.63. The van der Waals surface area contributed by atoms with Crippen molar-refractivity contribution in [3.05, 3.63) is 87.3 Å². The third-order valence-corrected chi connectivity index (χ3v) is 8.43. The highest BCUT2D eigenvalue weighted by molar-refractivity contribution is 9.11. The molecule has 0 saturated heterocycles. The van der Waals surface area contributed by atoms with Crippen LogP contribution in [0.3, 0.4) is 0 Å². The minimum atomic E-state index is -1.49. The van der Waals surface area contributed by atoms with Gasteiger partial charge in [-0.3, -0.25) is 20.4 Å². The van der Waals surface area contributed by atoms with E-state index in [0.717, 1.165) is 17.0 Å². The van der Waals surface area contributed by atoms with Crippen molar-refractivity contribution in [1.29, 1.82) is 0 Å². The first-order valence-corrected chi connectivity index (χ1v) is 17.1. The predicted molar refractivity (Wildman–Crippen MR) is 208 cm³/mol. The Morgan fingerprint density at radius 1 is 0.820 bits per heavy atom. The molecule has 0 aliphatic rings. The fourth-order valence-electron chi connectivity index (χ4n) is 4.21. The van der Waals surface area contributed by atoms with Crippen LogP contribution in [0.15, 0.2) is 86.8 Å². The van der Waals surface area contributed by atoms with Crippen LogP contribution in [-0.4, -0.2) is 76.0 Å². The molecular formula is C32H32Br2N8O6S2. The van der Waals surface area contributed by atoms with Crippen molar-refractivity contribution < 1.29 is 29.6 Å². The average Bonchev–Trinajstić information content (AvgIpc) is 3.11. The van der Waals surface area contributed by atoms with E-state index in [1.54, 1.807) is 36.4 Å². The van der Waals surface area contributed by atoms with E-state index in [2.05, 4.69) is 74.5 Å². The SMILES string of the molecule is O=C(N/N=C/c1cc(Br)c(O)c(Br)c1O)C(Nc1ccc2ccccc2c1)C(=O)NNC(=S)Nc1ccc(NC(=S)NCCOCCO)cc1. The van der Waals surface area contributed by atoms with Gasteiger partial charge in [0.15, 0.2) is 16.3 Å². The van der Waals surface area contributed by atoms with Crippen LogP contribution in [0.25, 0.3) is 10.8 Å². The number of carbonyl (C=O) groups excluding carboxylic acids is 2. The number of aliphatic hydroxyl groups is 1. The molecule has 4 aromatic carbocycles. The molecule has 14 nitrogen and oxygen atoms in total. The van der Waals surface area contributed by atoms with E-state index < -0.39 is 17.9 Å². The molecule has 0 aliphatic heterocycles. The first-order valence-electron chi connectivity index (χ1n) is 14.7. The number of carbonyl (C=O) groups is 2. The third kappa shape index (κ3) is 11.2. The Hall–Kier alpha value is -4.59. The smallest absolute Gasteiger partial charge is 0.272 e. The number of aliphatic hydroxyl groups excluding tert-OH is 1. The molecule has 18 heteroatoms. The zero-order valence-electron chi connectivity index (χ0n) is 26.0. The van der Waals surface area contributed by atoms with E-state index in [-0.39, 0.29) is 44.3 Å². The molecule has 1 unspecified atom stereocenters. The zero-order valence-corrected chi connectivity index (χ0v) is 30.8. The predicted octanol–water partition coefficient (Wildman–Crippen LogP) is 4.02. The van der Waals surface area contributed by atoms with Gasteiger partial charge < -0.3 is 41.3 Å². The molecule has 0 saturated carbocycles. The number of anilines is 3. The van der Waals surface area contributed by atoms with Gasteiger partial charge in [0.05, 0.1) is 30.5 Å². The average molecular weight is 849 g/mol. The Morgan fingerprint density at radius 2 is 1.48 bits per heavy atom. The summed E-state index contributed by atoms with van der Waals surface area (Å²) in [5, 5.41) is 47.1. The van der Waals surface area contributed by atoms with Gasteiger partial charge >= 0.3 is 0 Å². The molecule has 0 spiro atoms. The molecule has 0 heterocycles. The number of benzene rings is 4. The lowest BCUT2D eigenvalue weighted by Crippen LogP contribution is -2.54. The molecule has 50 heavy (non-hydrogen) atoms. The molecule has 0 fully saturated rings. The molecule has 262 valence electrons. The summed E-state index contributed by atoms with van der Waals surface area (Å²) in [6.07, 6.45) is 1.16. The summed E-state index contributed by atoms with van der Waals surface area (Å²) >= 11 is 16.9. The van der Waals surface area contributed by atoms with E-state index in [1.165, 1.54) is 6.07 Å². The maximum absolute atomic E-state index is 13.3. The minimum absolute atomic E-state index is 0.0348. The Morgan fingerprint density at radius 3 is 2.18 bits per heavy atom. The number of halogens is 2. The van der Waals surface area contributed by atoms with Gasteiger partial charge in [-0.2, -0.15) is 5.10 Å². The van der Waals surface area contributed by atoms with Crippen LogP contribution in [0.2, 0.25) is 0 Å². The maximum Gasteiger partial charge on any atom is 0.272 e. The number of fused-ring (bicyclic) bond motifs is 1. The summed E-state index contributed by atoms with van der Waals surface area (Å²) in [6, 6.07) is 19.9. The molecule has 4 aromatic rings. The molecule has 0 aliphatic carbocycles. The number of thiocarbonyl (C=S) groups is 2. The number of hydrogen-bond acceptors (Lipinski definition) is 10. The number of hydrazine groups is 1. The summed E-state index contributed by atoms with van der Waals surface area (Å²) in [7, 11) is 0. The van der Waals surface area contributed by atoms with Crippen LogP contribution < -0.4 is 37.5 Å². The summed E-state index contributed by atoms with van der Waals surface area (Å²) in [6.45, 7) is 1.09. The van der Waals surface area contributed by atoms with Crippen molar-refractivity contribution >= 4 is 112 Å². The molecular weight excluding hydrogens is 816 g/mol. The van der Waals surface area contributed by atoms with E-state index in [1.807, 2.05) is 30.3 Å². The van der Waals surface area contributed by atoms with Gasteiger partial charge in [0.25, 0.3) is 11.8 Å². The quantitative estimate of drug-likeness (QED) is 0.0305. The largest absolute Gasteiger partial charge is 0.506 e. The fraction of sp³-hybridized carbons (Fsp3) is 0.156. The lowest BCUT2D eigenvalue weighted by Gasteiger charge is -2.19. The molecule has 0 aromatic heterocycles. The monoisotopic (exact) mass is 846 g/mol. The zero-order chi connectivity index (χ0) is 36.0. The number of nitrogens with zero attached hydrogens (tertiary/aromatic N) is 1. The summed E-state index contributed by atoms with van der Waals surface area (Å²) < 4.78 is 5.50. The molecule has 10 N–H and O–H groups in total. The summed E-state index contributed by atoms with van der Waals surface area (Å²) in [4.78, 5) is 26.6. The van der Waals surface area contributed by atoms with Crippen LogP contribution in [0.1, 0.15) is 5.56 Å². The van der Waals surface area contributed by atoms with Gasteiger partial charge in [-0.1, -0.05) is 30.3 Å². The van der Waals surface area contributed by atoms with E-state index >= 15 is 0 Å². The van der Waals surface area contributed by atoms with Crippen LogP contribution >= 0.6 is 56.3 Å². The van der Waals surface area contributed by atoms with Crippen molar-refractivity contribution in [2.45, 2.75) is 6.04 Å². The number of rotatable bonds is 13. The van der Waals surface area contributed by atoms with Gasteiger partial charge in [0, 0.05) is 29.2 Å². The standard InChI is InChI=1S/C32H32Br2N8O6S2/c33-24-16-20(27(44)25(34)28(24)45)17-36-40-29(46)26(37-23-6-5-18-3-1-2-4-19(18)15-23)30(47)41-42-32(50)39-22-9-7-21(8-10-22)38-31(49)35-11-13-48-14-12-43/h1-10,15-17,26,37,43-45H,11-14H2,(H,40,46)(H,41,47)(H2,35,38,49)(H2,39,42,50)/b36-17+. The van der Waals surface area contributed by atoms with E-state index in [0.29, 0.717) is 35.3 Å². The number of phenols is 2. The number of nitrogens with one attached hydrogen (secondary N) is 7. The van der Waals surface area contributed by atoms with Crippen molar-refractivity contribution in [2.75, 3.05) is 42.3 Å². The molecule has 0 radical (unpaired) electrons. The first-order chi connectivity index (χ1) is 24.0. The van der Waals surface area contributed by atoms with Crippen molar-refractivity contribution in [2.24, 2.45) is 5.10 Å². The summed E-state index contributed by atoms with van der Waals surface area (Å²) in [5.74, 6) is -2.12. The Labute approximate surface area is 314 Å². The highest BCUT2D eigenvalue weighted by Gasteiger charge is 2.27. The topological polar surface area (TPSA) is 201 Å². The van der Waals surface area contributed by atoms with Gasteiger partial charge in [0.1, 0.15) is 16.0 Å². The van der Waals surface area contributed by atoms with Crippen LogP contribution in [0.4, 0.5) is 17.1 Å². The number of hydrazone groups is 1. The number of ether oxygens (including phenoxy) is 1. The number of aromatic hydroxyl groups is 2. The number of phenolic OH excluding ortho intramolecular Hbond substituents is 2. The highest BCUT2D eigenvalue weighted by atomic mass is 79.9. The second-order valence-electron chi connectivity index (χ2n) is 10.2. The minimum Gasteiger partial charge on any atom is -0.506 e. The van der Waals surface area contributed by atoms with Gasteiger partial charge in [-0.25, -0.2) is 5.43 Å². The van der Waals surface area contributed by atoms with Crippen molar-refractivity contribution in [3.63, 3.8) is 0 Å². The molecule has 2 amide bonds. The van der Waals surface area contributed by atoms with Crippen LogP contribution in [-0.2, 0) is 14.3 Å². The van der Waals surface area contributed by atoms with Crippen LogP contribution in [0, 0.1) is 0 Å². The normalized spacial score (nSPS) is 11.4. The summed E-state index contributed by atoms with van der Waals surface area (Å²) in [5.41, 5.74) is 9.33. The highest BCUT2D eigenvalue weighted by Crippen LogP contribution is 2.40.